The maximum absolute atomic E-state index is 12.8. The number of nitrogens with one attached hydrogen (secondary N) is 1. The number of hydrogen-bond acceptors (Lipinski definition) is 4. The highest BCUT2D eigenvalue weighted by atomic mass is 35.5. The third-order valence-corrected chi connectivity index (χ3v) is 5.92. The molecule has 1 aromatic heterocycles. The summed E-state index contributed by atoms with van der Waals surface area (Å²) in [5, 5.41) is 3.80. The van der Waals surface area contributed by atoms with E-state index in [4.69, 9.17) is 11.6 Å². The third kappa shape index (κ3) is 5.21. The fourth-order valence-corrected chi connectivity index (χ4v) is 4.13. The van der Waals surface area contributed by atoms with Crippen molar-refractivity contribution >= 4 is 28.8 Å². The van der Waals surface area contributed by atoms with Crippen LogP contribution in [0.5, 0.6) is 0 Å². The molecule has 4 nitrogen and oxygen atoms in total. The van der Waals surface area contributed by atoms with Gasteiger partial charge >= 0.3 is 6.18 Å². The zero-order chi connectivity index (χ0) is 22.6. The number of anilines is 2. The summed E-state index contributed by atoms with van der Waals surface area (Å²) >= 11 is 6.74. The van der Waals surface area contributed by atoms with Crippen LogP contribution in [-0.4, -0.2) is 23.1 Å². The van der Waals surface area contributed by atoms with Crippen molar-refractivity contribution in [3.8, 4) is 0 Å². The molecule has 0 bridgehead atoms. The molecule has 0 amide bonds. The first-order valence-corrected chi connectivity index (χ1v) is 10.7. The molecule has 1 fully saturated rings. The number of halogens is 4. The van der Waals surface area contributed by atoms with Gasteiger partial charge in [0.05, 0.1) is 10.6 Å². The van der Waals surface area contributed by atoms with Gasteiger partial charge in [-0.2, -0.15) is 13.2 Å². The quantitative estimate of drug-likeness (QED) is 0.521. The van der Waals surface area contributed by atoms with Gasteiger partial charge in [-0.25, -0.2) is 9.97 Å². The number of aromatic nitrogens is 2. The number of hydrogen-bond donors (Lipinski definition) is 1. The molecule has 2 aromatic rings. The standard InChI is InChI=1S/C23H26ClF3N4/c1-4-7-18(19-9-10-20(28-5-2)15(3)21(19)24)16-8-6-11-31(14-16)22-29-12-17(13-30-22)23(25,26)27/h5,9-10,12-13,28H,2,4,6-8,11,14H2,1,3H3/b18-16-. The van der Waals surface area contributed by atoms with Crippen LogP contribution in [0.25, 0.3) is 5.57 Å². The Hall–Kier alpha value is -2.54. The van der Waals surface area contributed by atoms with Crippen molar-refractivity contribution in [2.75, 3.05) is 23.3 Å². The first-order chi connectivity index (χ1) is 14.8. The molecule has 1 saturated heterocycles. The molecule has 0 saturated carbocycles. The number of piperidine rings is 1. The van der Waals surface area contributed by atoms with Crippen LogP contribution in [-0.2, 0) is 6.18 Å². The fourth-order valence-electron chi connectivity index (χ4n) is 3.86. The Morgan fingerprint density at radius 3 is 2.61 bits per heavy atom. The molecule has 0 radical (unpaired) electrons. The van der Waals surface area contributed by atoms with E-state index in [1.54, 1.807) is 6.20 Å². The molecule has 0 spiro atoms. The number of allylic oxidation sites excluding steroid dienone is 1. The fraction of sp³-hybridized carbons (Fsp3) is 0.391. The van der Waals surface area contributed by atoms with Crippen LogP contribution in [0.15, 0.2) is 42.9 Å². The zero-order valence-electron chi connectivity index (χ0n) is 17.7. The number of benzene rings is 1. The lowest BCUT2D eigenvalue weighted by Gasteiger charge is -2.31. The van der Waals surface area contributed by atoms with Crippen molar-refractivity contribution in [2.24, 2.45) is 0 Å². The van der Waals surface area contributed by atoms with Gasteiger partial charge in [-0.05, 0) is 60.7 Å². The molecule has 3 rings (SSSR count). The van der Waals surface area contributed by atoms with Crippen molar-refractivity contribution < 1.29 is 13.2 Å². The van der Waals surface area contributed by atoms with Crippen molar-refractivity contribution in [1.29, 1.82) is 0 Å². The predicted octanol–water partition coefficient (Wildman–Crippen LogP) is 6.87. The summed E-state index contributed by atoms with van der Waals surface area (Å²) < 4.78 is 38.5. The van der Waals surface area contributed by atoms with Gasteiger partial charge in [-0.15, -0.1) is 0 Å². The van der Waals surface area contributed by atoms with Crippen LogP contribution in [0.2, 0.25) is 5.02 Å². The summed E-state index contributed by atoms with van der Waals surface area (Å²) in [4.78, 5) is 9.88. The highest BCUT2D eigenvalue weighted by Crippen LogP contribution is 2.38. The molecule has 1 aromatic carbocycles. The highest BCUT2D eigenvalue weighted by Gasteiger charge is 2.32. The van der Waals surface area contributed by atoms with Crippen molar-refractivity contribution in [3.63, 3.8) is 0 Å². The van der Waals surface area contributed by atoms with E-state index >= 15 is 0 Å². The average molecular weight is 451 g/mol. The highest BCUT2D eigenvalue weighted by molar-refractivity contribution is 6.33. The molecule has 1 N–H and O–H groups in total. The Kier molecular flexibility index (Phi) is 7.26. The van der Waals surface area contributed by atoms with E-state index in [0.717, 1.165) is 54.9 Å². The second kappa shape index (κ2) is 9.73. The molecule has 31 heavy (non-hydrogen) atoms. The van der Waals surface area contributed by atoms with Gasteiger partial charge in [0, 0.05) is 31.2 Å². The van der Waals surface area contributed by atoms with E-state index in [9.17, 15) is 13.2 Å². The second-order valence-electron chi connectivity index (χ2n) is 7.57. The number of nitrogens with zero attached hydrogens (tertiary/aromatic N) is 3. The van der Waals surface area contributed by atoms with Crippen LogP contribution in [0.3, 0.4) is 0 Å². The van der Waals surface area contributed by atoms with Gasteiger partial charge in [-0.3, -0.25) is 0 Å². The lowest BCUT2D eigenvalue weighted by Crippen LogP contribution is -2.33. The Morgan fingerprint density at radius 1 is 1.29 bits per heavy atom. The van der Waals surface area contributed by atoms with Gasteiger partial charge in [0.15, 0.2) is 0 Å². The number of alkyl halides is 3. The Labute approximate surface area is 185 Å². The SMILES string of the molecule is C=CNc1ccc(/C(CCC)=C2/CCCN(c3ncc(C(F)(F)F)cn3)C2)c(Cl)c1C. The molecule has 0 atom stereocenters. The van der Waals surface area contributed by atoms with Crippen molar-refractivity contribution in [1.82, 2.24) is 9.97 Å². The minimum atomic E-state index is -4.44. The van der Waals surface area contributed by atoms with Gasteiger partial charge in [0.25, 0.3) is 0 Å². The van der Waals surface area contributed by atoms with E-state index in [2.05, 4.69) is 28.8 Å². The Balaban J connectivity index is 1.94. The molecule has 8 heteroatoms. The van der Waals surface area contributed by atoms with Gasteiger partial charge in [0.1, 0.15) is 0 Å². The topological polar surface area (TPSA) is 41.0 Å². The van der Waals surface area contributed by atoms with Gasteiger partial charge < -0.3 is 10.2 Å². The first kappa shape index (κ1) is 23.1. The zero-order valence-corrected chi connectivity index (χ0v) is 18.4. The summed E-state index contributed by atoms with van der Waals surface area (Å²) in [6.45, 7) is 9.06. The van der Waals surface area contributed by atoms with E-state index in [0.29, 0.717) is 24.1 Å². The van der Waals surface area contributed by atoms with E-state index < -0.39 is 11.7 Å². The van der Waals surface area contributed by atoms with Crippen LogP contribution in [0.1, 0.15) is 49.3 Å². The second-order valence-corrected chi connectivity index (χ2v) is 7.95. The summed E-state index contributed by atoms with van der Waals surface area (Å²) in [6, 6.07) is 4.01. The summed E-state index contributed by atoms with van der Waals surface area (Å²) in [7, 11) is 0. The first-order valence-electron chi connectivity index (χ1n) is 10.3. The van der Waals surface area contributed by atoms with Gasteiger partial charge in [0.2, 0.25) is 5.95 Å². The lowest BCUT2D eigenvalue weighted by atomic mass is 9.90. The average Bonchev–Trinajstić information content (AvgIpc) is 2.76. The Morgan fingerprint density at radius 2 is 2.00 bits per heavy atom. The van der Waals surface area contributed by atoms with Crippen molar-refractivity contribution in [3.05, 3.63) is 64.6 Å². The molecule has 1 aliphatic heterocycles. The van der Waals surface area contributed by atoms with Crippen molar-refractivity contribution in [2.45, 2.75) is 45.7 Å². The maximum atomic E-state index is 12.8. The van der Waals surface area contributed by atoms with Crippen LogP contribution in [0, 0.1) is 6.92 Å². The molecule has 0 aliphatic carbocycles. The molecular weight excluding hydrogens is 425 g/mol. The summed E-state index contributed by atoms with van der Waals surface area (Å²) in [5.41, 5.74) is 4.44. The number of rotatable bonds is 6. The Bertz CT molecular complexity index is 968. The monoisotopic (exact) mass is 450 g/mol. The van der Waals surface area contributed by atoms with Crippen LogP contribution in [0.4, 0.5) is 24.8 Å². The van der Waals surface area contributed by atoms with Gasteiger partial charge in [-0.1, -0.05) is 37.6 Å². The minimum Gasteiger partial charge on any atom is -0.362 e. The largest absolute Gasteiger partial charge is 0.419 e. The minimum absolute atomic E-state index is 0.314. The van der Waals surface area contributed by atoms with Crippen LogP contribution < -0.4 is 10.2 Å². The molecule has 2 heterocycles. The lowest BCUT2D eigenvalue weighted by molar-refractivity contribution is -0.138. The smallest absolute Gasteiger partial charge is 0.362 e. The maximum Gasteiger partial charge on any atom is 0.419 e. The van der Waals surface area contributed by atoms with E-state index in [1.807, 2.05) is 24.0 Å². The van der Waals surface area contributed by atoms with E-state index in [-0.39, 0.29) is 0 Å². The summed E-state index contributed by atoms with van der Waals surface area (Å²) in [5.74, 6) is 0.314. The normalized spacial score (nSPS) is 16.3. The van der Waals surface area contributed by atoms with E-state index in [1.165, 1.54) is 11.1 Å². The van der Waals surface area contributed by atoms with Crippen LogP contribution >= 0.6 is 11.6 Å². The molecule has 166 valence electrons. The molecule has 0 unspecified atom stereocenters. The third-order valence-electron chi connectivity index (χ3n) is 5.43. The molecule has 1 aliphatic rings. The predicted molar refractivity (Wildman–Crippen MR) is 120 cm³/mol. The summed E-state index contributed by atoms with van der Waals surface area (Å²) in [6.07, 6.45) is 2.47. The molecular formula is C23H26ClF3N4.